The number of rotatable bonds is 6. The number of carbonyl (C=O) groups excluding carboxylic acids is 2. The minimum Gasteiger partial charge on any atom is -0.375 e. The Morgan fingerprint density at radius 3 is 2.25 bits per heavy atom. The van der Waals surface area contributed by atoms with Crippen LogP contribution in [-0.2, 0) is 14.3 Å². The van der Waals surface area contributed by atoms with E-state index in [2.05, 4.69) is 10.1 Å². The number of amides is 2. The van der Waals surface area contributed by atoms with Crippen molar-refractivity contribution in [3.8, 4) is 0 Å². The van der Waals surface area contributed by atoms with E-state index in [1.165, 1.54) is 7.11 Å². The molecule has 0 saturated carbocycles. The summed E-state index contributed by atoms with van der Waals surface area (Å²) >= 11 is 0. The van der Waals surface area contributed by atoms with Gasteiger partial charge in [-0.3, -0.25) is 9.59 Å². The molecule has 0 aliphatic carbocycles. The van der Waals surface area contributed by atoms with E-state index in [1.807, 2.05) is 0 Å². The molecule has 8 heteroatoms. The van der Waals surface area contributed by atoms with E-state index in [-0.39, 0.29) is 32.0 Å². The Labute approximate surface area is 90.3 Å². The van der Waals surface area contributed by atoms with Crippen molar-refractivity contribution < 1.29 is 27.5 Å². The van der Waals surface area contributed by atoms with Crippen molar-refractivity contribution >= 4 is 11.8 Å². The molecule has 0 saturated heterocycles. The van der Waals surface area contributed by atoms with Gasteiger partial charge in [-0.1, -0.05) is 0 Å². The molecule has 0 fully saturated rings. The maximum Gasteiger partial charge on any atom is 0.471 e. The summed E-state index contributed by atoms with van der Waals surface area (Å²) < 4.78 is 39.6. The van der Waals surface area contributed by atoms with Gasteiger partial charge in [-0.15, -0.1) is 0 Å². The number of carbonyl (C=O) groups is 2. The summed E-state index contributed by atoms with van der Waals surface area (Å²) in [7, 11) is 1.35. The first-order valence-corrected chi connectivity index (χ1v) is 4.48. The molecule has 0 rings (SSSR count). The van der Waals surface area contributed by atoms with Crippen LogP contribution < -0.4 is 10.6 Å². The van der Waals surface area contributed by atoms with Gasteiger partial charge in [0.2, 0.25) is 5.91 Å². The van der Waals surface area contributed by atoms with Gasteiger partial charge in [-0.2, -0.15) is 13.2 Å². The van der Waals surface area contributed by atoms with Crippen LogP contribution in [0.15, 0.2) is 0 Å². The molecule has 0 aliphatic rings. The molecule has 0 radical (unpaired) electrons. The molecule has 0 unspecified atom stereocenters. The molecule has 0 atom stereocenters. The summed E-state index contributed by atoms with van der Waals surface area (Å²) in [5, 5.41) is 4.08. The van der Waals surface area contributed by atoms with Crippen LogP contribution in [0.25, 0.3) is 0 Å². The predicted molar refractivity (Wildman–Crippen MR) is 48.6 cm³/mol. The van der Waals surface area contributed by atoms with E-state index in [4.69, 9.17) is 0 Å². The van der Waals surface area contributed by atoms with Crippen LogP contribution in [0.1, 0.15) is 6.42 Å². The quantitative estimate of drug-likeness (QED) is 0.635. The van der Waals surface area contributed by atoms with Crippen molar-refractivity contribution in [2.24, 2.45) is 0 Å². The Morgan fingerprint density at radius 1 is 1.19 bits per heavy atom. The second-order valence-electron chi connectivity index (χ2n) is 2.89. The molecule has 5 nitrogen and oxygen atoms in total. The first kappa shape index (κ1) is 14.7. The fourth-order valence-corrected chi connectivity index (χ4v) is 0.800. The van der Waals surface area contributed by atoms with E-state index in [9.17, 15) is 22.8 Å². The van der Waals surface area contributed by atoms with E-state index >= 15 is 0 Å². The van der Waals surface area contributed by atoms with Crippen molar-refractivity contribution in [2.75, 3.05) is 26.8 Å². The third kappa shape index (κ3) is 7.04. The van der Waals surface area contributed by atoms with E-state index in [0.29, 0.717) is 0 Å². The van der Waals surface area contributed by atoms with Gasteiger partial charge in [-0.25, -0.2) is 0 Å². The molecule has 0 aromatic heterocycles. The zero-order valence-electron chi connectivity index (χ0n) is 8.69. The second kappa shape index (κ2) is 7.04. The van der Waals surface area contributed by atoms with Crippen LogP contribution in [0.2, 0.25) is 0 Å². The fourth-order valence-electron chi connectivity index (χ4n) is 0.800. The Morgan fingerprint density at radius 2 is 1.75 bits per heavy atom. The molecule has 0 aliphatic heterocycles. The molecule has 0 bridgehead atoms. The normalized spacial score (nSPS) is 11.0. The second-order valence-corrected chi connectivity index (χ2v) is 2.89. The number of alkyl halides is 3. The van der Waals surface area contributed by atoms with Crippen molar-refractivity contribution in [1.82, 2.24) is 10.6 Å². The highest BCUT2D eigenvalue weighted by molar-refractivity contribution is 5.81. The lowest BCUT2D eigenvalue weighted by Crippen LogP contribution is -2.38. The van der Waals surface area contributed by atoms with Crippen LogP contribution in [-0.4, -0.2) is 44.8 Å². The van der Waals surface area contributed by atoms with Gasteiger partial charge in [0, 0.05) is 20.2 Å². The predicted octanol–water partition coefficient (Wildman–Crippen LogP) is -0.182. The highest BCUT2D eigenvalue weighted by Gasteiger charge is 2.38. The first-order valence-electron chi connectivity index (χ1n) is 4.48. The molecule has 94 valence electrons. The number of methoxy groups -OCH3 is 1. The largest absolute Gasteiger partial charge is 0.471 e. The summed E-state index contributed by atoms with van der Waals surface area (Å²) in [5.41, 5.74) is 0. The molecule has 2 N–H and O–H groups in total. The highest BCUT2D eigenvalue weighted by atomic mass is 19.4. The van der Waals surface area contributed by atoms with Gasteiger partial charge >= 0.3 is 12.1 Å². The third-order valence-corrected chi connectivity index (χ3v) is 1.49. The molecular formula is C8H13F3N2O3. The van der Waals surface area contributed by atoms with Gasteiger partial charge < -0.3 is 15.4 Å². The zero-order valence-corrected chi connectivity index (χ0v) is 8.69. The maximum absolute atomic E-state index is 11.7. The van der Waals surface area contributed by atoms with E-state index in [0.717, 1.165) is 0 Å². The SMILES string of the molecule is COCC(=O)NCCCNC(=O)C(F)(F)F. The third-order valence-electron chi connectivity index (χ3n) is 1.49. The lowest BCUT2D eigenvalue weighted by Gasteiger charge is -2.08. The van der Waals surface area contributed by atoms with Crippen LogP contribution in [0.3, 0.4) is 0 Å². The monoisotopic (exact) mass is 242 g/mol. The van der Waals surface area contributed by atoms with Gasteiger partial charge in [0.25, 0.3) is 0 Å². The smallest absolute Gasteiger partial charge is 0.375 e. The number of halogens is 3. The van der Waals surface area contributed by atoms with E-state index < -0.39 is 12.1 Å². The fraction of sp³-hybridized carbons (Fsp3) is 0.750. The molecule has 2 amide bonds. The summed E-state index contributed by atoms with van der Waals surface area (Å²) in [6, 6.07) is 0. The molecule has 0 aromatic carbocycles. The standard InChI is InChI=1S/C8H13F3N2O3/c1-16-5-6(14)12-3-2-4-13-7(15)8(9,10)11/h2-5H2,1H3,(H,12,14)(H,13,15). The zero-order chi connectivity index (χ0) is 12.6. The average Bonchev–Trinajstić information content (AvgIpc) is 2.16. The summed E-state index contributed by atoms with van der Waals surface area (Å²) in [6.07, 6.45) is -4.64. The van der Waals surface area contributed by atoms with Gasteiger partial charge in [0.05, 0.1) is 0 Å². The van der Waals surface area contributed by atoms with Crippen LogP contribution in [0, 0.1) is 0 Å². The summed E-state index contributed by atoms with van der Waals surface area (Å²) in [5.74, 6) is -2.33. The molecule has 16 heavy (non-hydrogen) atoms. The summed E-state index contributed by atoms with van der Waals surface area (Å²) in [6.45, 7) is -0.0686. The van der Waals surface area contributed by atoms with Crippen molar-refractivity contribution in [1.29, 1.82) is 0 Å². The summed E-state index contributed by atoms with van der Waals surface area (Å²) in [4.78, 5) is 21.1. The lowest BCUT2D eigenvalue weighted by molar-refractivity contribution is -0.173. The number of nitrogens with one attached hydrogen (secondary N) is 2. The van der Waals surface area contributed by atoms with Crippen molar-refractivity contribution in [3.63, 3.8) is 0 Å². The Bertz CT molecular complexity index is 243. The van der Waals surface area contributed by atoms with Crippen molar-refractivity contribution in [2.45, 2.75) is 12.6 Å². The molecule has 0 spiro atoms. The van der Waals surface area contributed by atoms with Gasteiger partial charge in [-0.05, 0) is 6.42 Å². The molecule has 0 aromatic rings. The highest BCUT2D eigenvalue weighted by Crippen LogP contribution is 2.13. The van der Waals surface area contributed by atoms with Crippen LogP contribution >= 0.6 is 0 Å². The minimum absolute atomic E-state index is 0.102. The van der Waals surface area contributed by atoms with E-state index in [1.54, 1.807) is 5.32 Å². The lowest BCUT2D eigenvalue weighted by atomic mass is 10.4. The Balaban J connectivity index is 3.48. The number of hydrogen-bond donors (Lipinski definition) is 2. The maximum atomic E-state index is 11.7. The number of hydrogen-bond acceptors (Lipinski definition) is 3. The minimum atomic E-state index is -4.86. The topological polar surface area (TPSA) is 67.4 Å². The number of ether oxygens (including phenoxy) is 1. The Hall–Kier alpha value is -1.31. The van der Waals surface area contributed by atoms with Crippen LogP contribution in [0.4, 0.5) is 13.2 Å². The Kier molecular flexibility index (Phi) is 6.47. The van der Waals surface area contributed by atoms with Gasteiger partial charge in [0.1, 0.15) is 6.61 Å². The first-order chi connectivity index (χ1) is 7.38. The van der Waals surface area contributed by atoms with Crippen LogP contribution in [0.5, 0.6) is 0 Å². The molecule has 0 heterocycles. The van der Waals surface area contributed by atoms with Gasteiger partial charge in [0.15, 0.2) is 0 Å². The van der Waals surface area contributed by atoms with Crippen molar-refractivity contribution in [3.05, 3.63) is 0 Å². The molecular weight excluding hydrogens is 229 g/mol. The average molecular weight is 242 g/mol.